The Morgan fingerprint density at radius 3 is 1.60 bits per heavy atom. The lowest BCUT2D eigenvalue weighted by molar-refractivity contribution is 1.31. The predicted molar refractivity (Wildman–Crippen MR) is 129 cm³/mol. The van der Waals surface area contributed by atoms with E-state index in [0.29, 0.717) is 0 Å². The number of nitrogens with zero attached hydrogens (tertiary/aromatic N) is 3. The van der Waals surface area contributed by atoms with Crippen LogP contribution in [0.5, 0.6) is 0 Å². The minimum atomic E-state index is 0.140. The quantitative estimate of drug-likeness (QED) is 0.477. The average Bonchev–Trinajstić information content (AvgIpc) is 3.20. The number of hydrogen-bond donors (Lipinski definition) is 0. The summed E-state index contributed by atoms with van der Waals surface area (Å²) in [5.74, 6) is 0. The van der Waals surface area contributed by atoms with Crippen LogP contribution in [0.3, 0.4) is 0 Å². The Morgan fingerprint density at radius 1 is 0.667 bits per heavy atom. The van der Waals surface area contributed by atoms with Gasteiger partial charge in [-0.1, -0.05) is 80.1 Å². The van der Waals surface area contributed by atoms with E-state index < -0.39 is 0 Å². The topological polar surface area (TPSA) is 38.7 Å². The fraction of sp³-hybridized carbons (Fsp3) is 0.240. The van der Waals surface area contributed by atoms with Crippen molar-refractivity contribution in [2.75, 3.05) is 0 Å². The van der Waals surface area contributed by atoms with Gasteiger partial charge >= 0.3 is 0 Å². The molecule has 0 spiro atoms. The largest absolute Gasteiger partial charge is 0.255 e. The van der Waals surface area contributed by atoms with E-state index in [-0.39, 0.29) is 6.71 Å². The van der Waals surface area contributed by atoms with E-state index in [1.54, 1.807) is 6.20 Å². The van der Waals surface area contributed by atoms with Crippen LogP contribution in [0.15, 0.2) is 48.8 Å². The number of aromatic nitrogens is 3. The lowest BCUT2D eigenvalue weighted by atomic mass is 9.34. The highest BCUT2D eigenvalue weighted by molar-refractivity contribution is 6.99. The first-order valence-electron chi connectivity index (χ1n) is 10.2. The van der Waals surface area contributed by atoms with Crippen LogP contribution in [0, 0.1) is 41.5 Å². The second kappa shape index (κ2) is 8.15. The van der Waals surface area contributed by atoms with Gasteiger partial charge in [0.05, 0.1) is 23.6 Å². The van der Waals surface area contributed by atoms with Crippen LogP contribution in [0.25, 0.3) is 11.4 Å². The van der Waals surface area contributed by atoms with Crippen LogP contribution in [-0.2, 0) is 0 Å². The molecule has 150 valence electrons. The summed E-state index contributed by atoms with van der Waals surface area (Å²) in [6.07, 6.45) is 3.78. The molecule has 0 saturated heterocycles. The van der Waals surface area contributed by atoms with Crippen molar-refractivity contribution in [2.45, 2.75) is 41.5 Å². The van der Waals surface area contributed by atoms with Gasteiger partial charge in [0.15, 0.2) is 0 Å². The molecule has 0 N–H and O–H groups in total. The van der Waals surface area contributed by atoms with Crippen molar-refractivity contribution in [3.05, 3.63) is 82.2 Å². The predicted octanol–water partition coefficient (Wildman–Crippen LogP) is 3.97. The van der Waals surface area contributed by atoms with Gasteiger partial charge in [-0.3, -0.25) is 4.98 Å². The van der Waals surface area contributed by atoms with E-state index >= 15 is 0 Å². The van der Waals surface area contributed by atoms with E-state index in [9.17, 15) is 0 Å². The molecule has 0 unspecified atom stereocenters. The molecule has 0 radical (unpaired) electrons. The highest BCUT2D eigenvalue weighted by Gasteiger charge is 2.28. The normalized spacial score (nSPS) is 11.0. The Morgan fingerprint density at radius 2 is 1.20 bits per heavy atom. The molecular weight excluding hydrogens is 385 g/mol. The average molecular weight is 411 g/mol. The minimum absolute atomic E-state index is 0.140. The summed E-state index contributed by atoms with van der Waals surface area (Å²) in [5, 5.41) is 0. The first-order valence-corrected chi connectivity index (χ1v) is 11.0. The first kappa shape index (κ1) is 20.5. The molecule has 2 aromatic heterocycles. The zero-order valence-electron chi connectivity index (χ0n) is 18.4. The third kappa shape index (κ3) is 3.82. The highest BCUT2D eigenvalue weighted by atomic mass is 32.1. The van der Waals surface area contributed by atoms with Gasteiger partial charge in [0.2, 0.25) is 6.71 Å². The van der Waals surface area contributed by atoms with E-state index in [4.69, 9.17) is 4.98 Å². The molecule has 0 bridgehead atoms. The second-order valence-corrected chi connectivity index (χ2v) is 8.88. The Hall–Kier alpha value is -2.79. The molecule has 0 amide bonds. The van der Waals surface area contributed by atoms with Gasteiger partial charge < -0.3 is 0 Å². The first-order chi connectivity index (χ1) is 14.3. The molecular formula is C25H26BN3S. The van der Waals surface area contributed by atoms with Gasteiger partial charge in [0, 0.05) is 6.20 Å². The highest BCUT2D eigenvalue weighted by Crippen LogP contribution is 2.15. The smallest absolute Gasteiger partial charge is 0.244 e. The molecule has 3 nitrogen and oxygen atoms in total. The van der Waals surface area contributed by atoms with Gasteiger partial charge in [0.25, 0.3) is 0 Å². The fourth-order valence-electron chi connectivity index (χ4n) is 4.78. The molecule has 4 rings (SSSR count). The zero-order valence-corrected chi connectivity index (χ0v) is 19.3. The summed E-state index contributed by atoms with van der Waals surface area (Å²) in [6.45, 7) is 13.4. The van der Waals surface area contributed by atoms with E-state index in [1.807, 2.05) is 6.20 Å². The Kier molecular flexibility index (Phi) is 5.57. The van der Waals surface area contributed by atoms with Gasteiger partial charge in [-0.05, 0) is 47.6 Å². The molecule has 2 aromatic carbocycles. The lowest BCUT2D eigenvalue weighted by Gasteiger charge is -2.24. The van der Waals surface area contributed by atoms with Crippen molar-refractivity contribution in [1.82, 2.24) is 13.7 Å². The summed E-state index contributed by atoms with van der Waals surface area (Å²) >= 11 is 1.21. The van der Waals surface area contributed by atoms with Crippen molar-refractivity contribution in [2.24, 2.45) is 0 Å². The zero-order chi connectivity index (χ0) is 21.4. The summed E-state index contributed by atoms with van der Waals surface area (Å²) < 4.78 is 8.43. The van der Waals surface area contributed by atoms with E-state index in [2.05, 4.69) is 86.7 Å². The van der Waals surface area contributed by atoms with Gasteiger partial charge in [0.1, 0.15) is 5.69 Å². The second-order valence-electron chi connectivity index (χ2n) is 8.33. The Labute approximate surface area is 183 Å². The summed E-state index contributed by atoms with van der Waals surface area (Å²) in [6, 6.07) is 13.4. The molecule has 0 atom stereocenters. The van der Waals surface area contributed by atoms with Crippen LogP contribution >= 0.6 is 11.7 Å². The molecule has 0 fully saturated rings. The van der Waals surface area contributed by atoms with Crippen molar-refractivity contribution < 1.29 is 0 Å². The summed E-state index contributed by atoms with van der Waals surface area (Å²) in [7, 11) is 0. The Bertz CT molecular complexity index is 1090. The molecule has 4 aromatic rings. The molecule has 0 aliphatic carbocycles. The maximum Gasteiger partial charge on any atom is 0.244 e. The van der Waals surface area contributed by atoms with Crippen LogP contribution < -0.4 is 16.4 Å². The van der Waals surface area contributed by atoms with Crippen LogP contribution in [0.4, 0.5) is 0 Å². The standard InChI is InChI=1S/C25H26BN3S/c1-15-9-17(3)24(18(4)10-15)26(25-19(5)11-16(2)12-20(25)6)21-7-8-22(27-13-21)23-14-28-30-29-23/h7-14H,1-6H3. The number of hydrogen-bond acceptors (Lipinski definition) is 4. The maximum absolute atomic E-state index is 4.75. The number of pyridine rings is 1. The number of benzene rings is 2. The molecule has 0 aliphatic heterocycles. The van der Waals surface area contributed by atoms with Crippen molar-refractivity contribution in [1.29, 1.82) is 0 Å². The van der Waals surface area contributed by atoms with Crippen LogP contribution in [0.2, 0.25) is 0 Å². The SMILES string of the molecule is Cc1cc(C)c(B(c2ccc(-c3cnsn3)nc2)c2c(C)cc(C)cc2C)c(C)c1. The monoisotopic (exact) mass is 411 g/mol. The summed E-state index contributed by atoms with van der Waals surface area (Å²) in [4.78, 5) is 4.75. The molecule has 0 saturated carbocycles. The van der Waals surface area contributed by atoms with Gasteiger partial charge in [-0.2, -0.15) is 8.75 Å². The molecule has 5 heteroatoms. The van der Waals surface area contributed by atoms with Crippen molar-refractivity contribution in [3.63, 3.8) is 0 Å². The fourth-order valence-corrected chi connectivity index (χ4v) is 5.20. The maximum atomic E-state index is 4.75. The van der Waals surface area contributed by atoms with Crippen molar-refractivity contribution in [3.8, 4) is 11.4 Å². The van der Waals surface area contributed by atoms with Gasteiger partial charge in [-0.15, -0.1) is 0 Å². The van der Waals surface area contributed by atoms with Crippen molar-refractivity contribution >= 4 is 34.8 Å². The lowest BCUT2D eigenvalue weighted by Crippen LogP contribution is -2.56. The third-order valence-electron chi connectivity index (χ3n) is 5.80. The number of aryl methyl sites for hydroxylation is 6. The van der Waals surface area contributed by atoms with Gasteiger partial charge in [-0.25, -0.2) is 0 Å². The summed E-state index contributed by atoms with van der Waals surface area (Å²) in [5.41, 5.74) is 13.5. The molecule has 2 heterocycles. The Balaban J connectivity index is 1.94. The van der Waals surface area contributed by atoms with E-state index in [0.717, 1.165) is 11.4 Å². The minimum Gasteiger partial charge on any atom is -0.255 e. The van der Waals surface area contributed by atoms with Crippen LogP contribution in [-0.4, -0.2) is 20.4 Å². The molecule has 0 aliphatic rings. The van der Waals surface area contributed by atoms with Crippen LogP contribution in [0.1, 0.15) is 33.4 Å². The molecule has 30 heavy (non-hydrogen) atoms. The number of rotatable bonds is 4. The van der Waals surface area contributed by atoms with E-state index in [1.165, 1.54) is 61.5 Å². The third-order valence-corrected chi connectivity index (χ3v) is 6.27.